The van der Waals surface area contributed by atoms with Crippen molar-refractivity contribution in [2.75, 3.05) is 7.05 Å². The van der Waals surface area contributed by atoms with Gasteiger partial charge < -0.3 is 5.32 Å². The summed E-state index contributed by atoms with van der Waals surface area (Å²) in [5.41, 5.74) is 1.29. The van der Waals surface area contributed by atoms with E-state index in [2.05, 4.69) is 31.8 Å². The molecule has 12 heavy (non-hydrogen) atoms. The molecule has 0 saturated heterocycles. The molecule has 0 fully saturated rings. The van der Waals surface area contributed by atoms with Gasteiger partial charge in [0.2, 0.25) is 0 Å². The van der Waals surface area contributed by atoms with Crippen LogP contribution in [0, 0.1) is 5.92 Å². The van der Waals surface area contributed by atoms with Crippen LogP contribution in [-0.2, 0) is 0 Å². The number of hydrogen-bond acceptors (Lipinski definition) is 1. The lowest BCUT2D eigenvalue weighted by Crippen LogP contribution is -2.07. The Morgan fingerprint density at radius 3 is 2.33 bits per heavy atom. The standard InChI is InChI=1S/C11H21N/c1-5-8-11(12-4)9-10(6-2)7-3/h5,9-10,12H,1,6-8H2,2-4H3/b11-9+. The minimum absolute atomic E-state index is 0.715. The maximum absolute atomic E-state index is 3.73. The van der Waals surface area contributed by atoms with E-state index in [0.29, 0.717) is 5.92 Å². The van der Waals surface area contributed by atoms with E-state index in [1.165, 1.54) is 18.5 Å². The van der Waals surface area contributed by atoms with Gasteiger partial charge in [0.25, 0.3) is 0 Å². The zero-order valence-corrected chi connectivity index (χ0v) is 8.56. The first kappa shape index (κ1) is 11.3. The molecule has 0 aliphatic rings. The Morgan fingerprint density at radius 1 is 1.42 bits per heavy atom. The van der Waals surface area contributed by atoms with Crippen molar-refractivity contribution in [1.82, 2.24) is 5.32 Å². The molecule has 1 nitrogen and oxygen atoms in total. The third-order valence-electron chi connectivity index (χ3n) is 2.17. The van der Waals surface area contributed by atoms with Crippen LogP contribution in [0.25, 0.3) is 0 Å². The Bertz CT molecular complexity index is 143. The summed E-state index contributed by atoms with van der Waals surface area (Å²) in [5.74, 6) is 0.715. The van der Waals surface area contributed by atoms with E-state index in [1.807, 2.05) is 13.1 Å². The second-order valence-electron chi connectivity index (χ2n) is 3.01. The van der Waals surface area contributed by atoms with Gasteiger partial charge in [-0.25, -0.2) is 0 Å². The van der Waals surface area contributed by atoms with Gasteiger partial charge in [0.05, 0.1) is 0 Å². The van der Waals surface area contributed by atoms with Crippen LogP contribution in [0.4, 0.5) is 0 Å². The second kappa shape index (κ2) is 6.96. The highest BCUT2D eigenvalue weighted by molar-refractivity contribution is 5.05. The summed E-state index contributed by atoms with van der Waals surface area (Å²) in [6, 6.07) is 0. The van der Waals surface area contributed by atoms with Gasteiger partial charge in [-0.3, -0.25) is 0 Å². The fourth-order valence-corrected chi connectivity index (χ4v) is 1.22. The molecule has 0 aromatic rings. The molecule has 70 valence electrons. The molecule has 0 rings (SSSR count). The van der Waals surface area contributed by atoms with Gasteiger partial charge in [0, 0.05) is 19.2 Å². The van der Waals surface area contributed by atoms with Gasteiger partial charge in [0.15, 0.2) is 0 Å². The first-order chi connectivity index (χ1) is 5.78. The smallest absolute Gasteiger partial charge is 0.0104 e. The Morgan fingerprint density at radius 2 is 2.00 bits per heavy atom. The van der Waals surface area contributed by atoms with Crippen LogP contribution in [0.15, 0.2) is 24.4 Å². The summed E-state index contributed by atoms with van der Waals surface area (Å²) in [5, 5.41) is 3.19. The normalized spacial score (nSPS) is 11.8. The van der Waals surface area contributed by atoms with Gasteiger partial charge in [-0.05, 0) is 18.8 Å². The molecule has 1 heteroatoms. The van der Waals surface area contributed by atoms with Crippen LogP contribution in [0.1, 0.15) is 33.1 Å². The van der Waals surface area contributed by atoms with Crippen LogP contribution < -0.4 is 5.32 Å². The predicted molar refractivity (Wildman–Crippen MR) is 56.0 cm³/mol. The maximum Gasteiger partial charge on any atom is 0.0104 e. The highest BCUT2D eigenvalue weighted by Crippen LogP contribution is 2.12. The van der Waals surface area contributed by atoms with Crippen molar-refractivity contribution in [2.24, 2.45) is 5.92 Å². The molecular formula is C11H21N. The first-order valence-electron chi connectivity index (χ1n) is 4.77. The second-order valence-corrected chi connectivity index (χ2v) is 3.01. The largest absolute Gasteiger partial charge is 0.391 e. The van der Waals surface area contributed by atoms with E-state index >= 15 is 0 Å². The molecule has 0 bridgehead atoms. The SMILES string of the molecule is C=CC/C(=C\C(CC)CC)NC. The minimum atomic E-state index is 0.715. The Kier molecular flexibility index (Phi) is 6.54. The Labute approximate surface area is 76.6 Å². The van der Waals surface area contributed by atoms with Crippen LogP contribution in [0.5, 0.6) is 0 Å². The molecule has 0 aliphatic heterocycles. The molecule has 0 heterocycles. The van der Waals surface area contributed by atoms with E-state index in [9.17, 15) is 0 Å². The van der Waals surface area contributed by atoms with Gasteiger partial charge >= 0.3 is 0 Å². The van der Waals surface area contributed by atoms with E-state index in [4.69, 9.17) is 0 Å². The third-order valence-corrected chi connectivity index (χ3v) is 2.17. The highest BCUT2D eigenvalue weighted by atomic mass is 14.8. The average Bonchev–Trinajstić information content (AvgIpc) is 2.12. The Balaban J connectivity index is 4.12. The van der Waals surface area contributed by atoms with Gasteiger partial charge in [-0.2, -0.15) is 0 Å². The minimum Gasteiger partial charge on any atom is -0.391 e. The van der Waals surface area contributed by atoms with Gasteiger partial charge in [0.1, 0.15) is 0 Å². The molecule has 0 saturated carbocycles. The lowest BCUT2D eigenvalue weighted by Gasteiger charge is -2.10. The molecule has 0 amide bonds. The number of hydrogen-bond donors (Lipinski definition) is 1. The molecule has 0 radical (unpaired) electrons. The van der Waals surface area contributed by atoms with Gasteiger partial charge in [-0.1, -0.05) is 26.0 Å². The van der Waals surface area contributed by atoms with Crippen molar-refractivity contribution in [3.05, 3.63) is 24.4 Å². The monoisotopic (exact) mass is 167 g/mol. The number of rotatable bonds is 6. The van der Waals surface area contributed by atoms with Crippen LogP contribution in [-0.4, -0.2) is 7.05 Å². The topological polar surface area (TPSA) is 12.0 Å². The van der Waals surface area contributed by atoms with Crippen molar-refractivity contribution >= 4 is 0 Å². The molecule has 0 aliphatic carbocycles. The molecule has 1 N–H and O–H groups in total. The highest BCUT2D eigenvalue weighted by Gasteiger charge is 2.00. The van der Waals surface area contributed by atoms with Crippen LogP contribution >= 0.6 is 0 Å². The van der Waals surface area contributed by atoms with E-state index in [0.717, 1.165) is 6.42 Å². The maximum atomic E-state index is 3.73. The van der Waals surface area contributed by atoms with Gasteiger partial charge in [-0.15, -0.1) is 6.58 Å². The average molecular weight is 167 g/mol. The van der Waals surface area contributed by atoms with Crippen molar-refractivity contribution < 1.29 is 0 Å². The summed E-state index contributed by atoms with van der Waals surface area (Å²) in [6.07, 6.45) is 7.65. The summed E-state index contributed by atoms with van der Waals surface area (Å²) in [6.45, 7) is 8.18. The molecule has 0 unspecified atom stereocenters. The lowest BCUT2D eigenvalue weighted by molar-refractivity contribution is 0.596. The fourth-order valence-electron chi connectivity index (χ4n) is 1.22. The molecule has 0 aromatic heterocycles. The first-order valence-corrected chi connectivity index (χ1v) is 4.77. The summed E-state index contributed by atoms with van der Waals surface area (Å²) >= 11 is 0. The fraction of sp³-hybridized carbons (Fsp3) is 0.636. The molecule has 0 aromatic carbocycles. The zero-order valence-electron chi connectivity index (χ0n) is 8.56. The van der Waals surface area contributed by atoms with Crippen molar-refractivity contribution in [1.29, 1.82) is 0 Å². The number of nitrogens with one attached hydrogen (secondary N) is 1. The van der Waals surface area contributed by atoms with Crippen LogP contribution in [0.2, 0.25) is 0 Å². The molecule has 0 spiro atoms. The van der Waals surface area contributed by atoms with E-state index < -0.39 is 0 Å². The predicted octanol–water partition coefficient (Wildman–Crippen LogP) is 3.10. The molecular weight excluding hydrogens is 146 g/mol. The summed E-state index contributed by atoms with van der Waals surface area (Å²) in [7, 11) is 1.97. The third kappa shape index (κ3) is 4.22. The molecule has 0 atom stereocenters. The van der Waals surface area contributed by atoms with Crippen molar-refractivity contribution in [3.8, 4) is 0 Å². The van der Waals surface area contributed by atoms with E-state index in [1.54, 1.807) is 0 Å². The van der Waals surface area contributed by atoms with Crippen molar-refractivity contribution in [3.63, 3.8) is 0 Å². The van der Waals surface area contributed by atoms with Crippen LogP contribution in [0.3, 0.4) is 0 Å². The Hall–Kier alpha value is -0.720. The number of allylic oxidation sites excluding steroid dienone is 2. The zero-order chi connectivity index (χ0) is 9.40. The van der Waals surface area contributed by atoms with Crippen molar-refractivity contribution in [2.45, 2.75) is 33.1 Å². The lowest BCUT2D eigenvalue weighted by atomic mass is 10.0. The van der Waals surface area contributed by atoms with E-state index in [-0.39, 0.29) is 0 Å². The summed E-state index contributed by atoms with van der Waals surface area (Å²) in [4.78, 5) is 0. The quantitative estimate of drug-likeness (QED) is 0.599. The summed E-state index contributed by atoms with van der Waals surface area (Å²) < 4.78 is 0.